The fourth-order valence-electron chi connectivity index (χ4n) is 1.87. The lowest BCUT2D eigenvalue weighted by atomic mass is 9.80. The molecule has 0 saturated carbocycles. The van der Waals surface area contributed by atoms with Crippen molar-refractivity contribution in [2.75, 3.05) is 0 Å². The van der Waals surface area contributed by atoms with Crippen LogP contribution in [-0.4, -0.2) is 12.3 Å². The summed E-state index contributed by atoms with van der Waals surface area (Å²) in [5, 5.41) is 0. The van der Waals surface area contributed by atoms with Crippen LogP contribution < -0.4 is 0 Å². The number of hydrogen-bond acceptors (Lipinski definition) is 1. The largest absolute Gasteiger partial charge is 0.289 e. The number of allylic oxidation sites excluding steroid dienone is 2. The Morgan fingerprint density at radius 3 is 3.09 bits per heavy atom. The van der Waals surface area contributed by atoms with Crippen LogP contribution in [0.25, 0.3) is 0 Å². The first-order valence-corrected chi connectivity index (χ1v) is 4.24. The molecule has 1 aliphatic heterocycles. The molecule has 2 rings (SSSR count). The van der Waals surface area contributed by atoms with Gasteiger partial charge < -0.3 is 0 Å². The standard InChI is InChI=1S/C10H13N/c1-8-4-2-6-10-9(8)5-3-7-11-10/h2-5,7-10H,6H2,1H3. The molecule has 1 aliphatic carbocycles. The van der Waals surface area contributed by atoms with Gasteiger partial charge in [0.05, 0.1) is 6.04 Å². The minimum atomic E-state index is 0.528. The normalized spacial score (nSPS) is 40.6. The van der Waals surface area contributed by atoms with Crippen molar-refractivity contribution in [2.45, 2.75) is 19.4 Å². The highest BCUT2D eigenvalue weighted by atomic mass is 14.8. The topological polar surface area (TPSA) is 12.4 Å². The molecular formula is C10H13N. The van der Waals surface area contributed by atoms with Crippen LogP contribution >= 0.6 is 0 Å². The molecule has 0 amide bonds. The molecule has 0 bridgehead atoms. The maximum absolute atomic E-state index is 4.44. The number of nitrogens with zero attached hydrogens (tertiary/aromatic N) is 1. The van der Waals surface area contributed by atoms with E-state index in [0.717, 1.165) is 6.42 Å². The van der Waals surface area contributed by atoms with Crippen molar-refractivity contribution in [1.29, 1.82) is 0 Å². The molecule has 3 atom stereocenters. The Morgan fingerprint density at radius 1 is 1.36 bits per heavy atom. The summed E-state index contributed by atoms with van der Waals surface area (Å²) in [6.07, 6.45) is 11.9. The van der Waals surface area contributed by atoms with Crippen molar-refractivity contribution in [2.24, 2.45) is 16.8 Å². The van der Waals surface area contributed by atoms with Gasteiger partial charge in [0, 0.05) is 12.1 Å². The Bertz CT molecular complexity index is 225. The minimum Gasteiger partial charge on any atom is -0.289 e. The predicted octanol–water partition coefficient (Wildman–Crippen LogP) is 2.21. The zero-order valence-electron chi connectivity index (χ0n) is 6.77. The Hall–Kier alpha value is -0.850. The van der Waals surface area contributed by atoms with Crippen LogP contribution in [0.1, 0.15) is 13.3 Å². The third-order valence-electron chi connectivity index (χ3n) is 2.57. The summed E-state index contributed by atoms with van der Waals surface area (Å²) >= 11 is 0. The van der Waals surface area contributed by atoms with Crippen molar-refractivity contribution < 1.29 is 0 Å². The number of dihydropyridines is 1. The Morgan fingerprint density at radius 2 is 2.27 bits per heavy atom. The summed E-state index contributed by atoms with van der Waals surface area (Å²) in [6.45, 7) is 2.26. The first-order chi connectivity index (χ1) is 5.38. The fraction of sp³-hybridized carbons (Fsp3) is 0.500. The molecule has 0 N–H and O–H groups in total. The van der Waals surface area contributed by atoms with E-state index in [1.165, 1.54) is 0 Å². The van der Waals surface area contributed by atoms with Crippen molar-refractivity contribution >= 4 is 6.21 Å². The Balaban J connectivity index is 2.23. The lowest BCUT2D eigenvalue weighted by molar-refractivity contribution is 0.399. The average Bonchev–Trinajstić information content (AvgIpc) is 2.06. The van der Waals surface area contributed by atoms with E-state index in [1.54, 1.807) is 0 Å². The van der Waals surface area contributed by atoms with E-state index in [-0.39, 0.29) is 0 Å². The van der Waals surface area contributed by atoms with Crippen molar-refractivity contribution in [3.63, 3.8) is 0 Å². The van der Waals surface area contributed by atoms with Crippen LogP contribution in [0.3, 0.4) is 0 Å². The van der Waals surface area contributed by atoms with E-state index in [9.17, 15) is 0 Å². The molecule has 11 heavy (non-hydrogen) atoms. The smallest absolute Gasteiger partial charge is 0.0602 e. The zero-order valence-corrected chi connectivity index (χ0v) is 6.77. The van der Waals surface area contributed by atoms with Gasteiger partial charge in [0.25, 0.3) is 0 Å². The second kappa shape index (κ2) is 2.65. The maximum atomic E-state index is 4.44. The van der Waals surface area contributed by atoms with Gasteiger partial charge in [-0.05, 0) is 18.4 Å². The van der Waals surface area contributed by atoms with Crippen molar-refractivity contribution in [1.82, 2.24) is 0 Å². The maximum Gasteiger partial charge on any atom is 0.0602 e. The highest BCUT2D eigenvalue weighted by Gasteiger charge is 2.25. The van der Waals surface area contributed by atoms with E-state index in [0.29, 0.717) is 17.9 Å². The van der Waals surface area contributed by atoms with Gasteiger partial charge in [0.15, 0.2) is 0 Å². The van der Waals surface area contributed by atoms with E-state index in [1.807, 2.05) is 6.21 Å². The molecule has 0 saturated heterocycles. The van der Waals surface area contributed by atoms with Crippen molar-refractivity contribution in [3.8, 4) is 0 Å². The molecular weight excluding hydrogens is 134 g/mol. The molecule has 1 heteroatoms. The molecule has 0 aromatic heterocycles. The molecule has 3 unspecified atom stereocenters. The molecule has 58 valence electrons. The lowest BCUT2D eigenvalue weighted by Crippen LogP contribution is -2.26. The predicted molar refractivity (Wildman–Crippen MR) is 47.8 cm³/mol. The molecule has 2 aliphatic rings. The number of hydrogen-bond donors (Lipinski definition) is 0. The Kier molecular flexibility index (Phi) is 1.65. The van der Waals surface area contributed by atoms with Crippen LogP contribution in [0.4, 0.5) is 0 Å². The van der Waals surface area contributed by atoms with Gasteiger partial charge in [-0.3, -0.25) is 4.99 Å². The average molecular weight is 147 g/mol. The fourth-order valence-corrected chi connectivity index (χ4v) is 1.87. The van der Waals surface area contributed by atoms with Gasteiger partial charge in [-0.15, -0.1) is 0 Å². The van der Waals surface area contributed by atoms with Crippen LogP contribution in [0.2, 0.25) is 0 Å². The quantitative estimate of drug-likeness (QED) is 0.466. The van der Waals surface area contributed by atoms with Gasteiger partial charge in [-0.25, -0.2) is 0 Å². The first kappa shape index (κ1) is 6.84. The molecule has 0 radical (unpaired) electrons. The lowest BCUT2D eigenvalue weighted by Gasteiger charge is -2.29. The second-order valence-corrected chi connectivity index (χ2v) is 3.35. The number of rotatable bonds is 0. The first-order valence-electron chi connectivity index (χ1n) is 4.24. The molecule has 0 aromatic rings. The molecule has 1 heterocycles. The monoisotopic (exact) mass is 147 g/mol. The zero-order chi connectivity index (χ0) is 7.68. The molecule has 1 nitrogen and oxygen atoms in total. The third-order valence-corrected chi connectivity index (χ3v) is 2.57. The number of fused-ring (bicyclic) bond motifs is 1. The molecule has 0 aromatic carbocycles. The van der Waals surface area contributed by atoms with E-state index in [4.69, 9.17) is 0 Å². The van der Waals surface area contributed by atoms with E-state index >= 15 is 0 Å². The molecule has 0 fully saturated rings. The van der Waals surface area contributed by atoms with Gasteiger partial charge in [-0.2, -0.15) is 0 Å². The summed E-state index contributed by atoms with van der Waals surface area (Å²) in [6, 6.07) is 0.528. The van der Waals surface area contributed by atoms with Gasteiger partial charge in [0.1, 0.15) is 0 Å². The minimum absolute atomic E-state index is 0.528. The van der Waals surface area contributed by atoms with Crippen molar-refractivity contribution in [3.05, 3.63) is 24.3 Å². The van der Waals surface area contributed by atoms with Gasteiger partial charge in [0.2, 0.25) is 0 Å². The van der Waals surface area contributed by atoms with Crippen LogP contribution in [0, 0.1) is 11.8 Å². The summed E-state index contributed by atoms with van der Waals surface area (Å²) in [5.74, 6) is 1.33. The number of aliphatic imine (C=N–C) groups is 1. The third kappa shape index (κ3) is 1.15. The highest BCUT2D eigenvalue weighted by Crippen LogP contribution is 2.29. The summed E-state index contributed by atoms with van der Waals surface area (Å²) < 4.78 is 0. The summed E-state index contributed by atoms with van der Waals surface area (Å²) in [5.41, 5.74) is 0. The Labute approximate surface area is 67.5 Å². The van der Waals surface area contributed by atoms with Gasteiger partial charge >= 0.3 is 0 Å². The second-order valence-electron chi connectivity index (χ2n) is 3.35. The highest BCUT2D eigenvalue weighted by molar-refractivity contribution is 5.72. The summed E-state index contributed by atoms with van der Waals surface area (Å²) in [7, 11) is 0. The van der Waals surface area contributed by atoms with Gasteiger partial charge in [-0.1, -0.05) is 25.2 Å². The SMILES string of the molecule is CC1C=CCC2N=CC=CC12. The van der Waals surface area contributed by atoms with Crippen LogP contribution in [0.15, 0.2) is 29.3 Å². The van der Waals surface area contributed by atoms with E-state index in [2.05, 4.69) is 36.2 Å². The van der Waals surface area contributed by atoms with E-state index < -0.39 is 0 Å². The molecule has 0 spiro atoms. The van der Waals surface area contributed by atoms with Crippen LogP contribution in [0.5, 0.6) is 0 Å². The summed E-state index contributed by atoms with van der Waals surface area (Å²) in [4.78, 5) is 4.44. The van der Waals surface area contributed by atoms with Crippen LogP contribution in [-0.2, 0) is 0 Å².